The van der Waals surface area contributed by atoms with E-state index < -0.39 is 0 Å². The van der Waals surface area contributed by atoms with E-state index in [9.17, 15) is 4.79 Å². The second kappa shape index (κ2) is 8.71. The fraction of sp³-hybridized carbons (Fsp3) is 0.143. The number of nitrogens with zero attached hydrogens (tertiary/aromatic N) is 1. The van der Waals surface area contributed by atoms with Crippen LogP contribution in [0, 0.1) is 0 Å². The Bertz CT molecular complexity index is 865. The molecule has 1 aromatic heterocycles. The van der Waals surface area contributed by atoms with E-state index in [0.717, 1.165) is 22.7 Å². The Labute approximate surface area is 158 Å². The molecule has 3 N–H and O–H groups in total. The summed E-state index contributed by atoms with van der Waals surface area (Å²) >= 11 is 0. The van der Waals surface area contributed by atoms with Crippen LogP contribution in [0.15, 0.2) is 72.9 Å². The number of hydrogen-bond acceptors (Lipinski definition) is 4. The van der Waals surface area contributed by atoms with Crippen LogP contribution < -0.4 is 20.7 Å². The van der Waals surface area contributed by atoms with Gasteiger partial charge in [0.05, 0.1) is 25.0 Å². The Morgan fingerprint density at radius 1 is 0.963 bits per heavy atom. The number of ether oxygens (including phenoxy) is 1. The van der Waals surface area contributed by atoms with Gasteiger partial charge in [-0.25, -0.2) is 9.78 Å². The Balaban J connectivity index is 1.54. The molecule has 1 unspecified atom stereocenters. The van der Waals surface area contributed by atoms with Gasteiger partial charge in [-0.3, -0.25) is 5.32 Å². The number of urea groups is 1. The molecule has 1 atom stereocenters. The number of carbonyl (C=O) groups is 1. The van der Waals surface area contributed by atoms with E-state index in [2.05, 4.69) is 20.9 Å². The molecule has 2 aromatic carbocycles. The zero-order chi connectivity index (χ0) is 19.1. The molecule has 0 saturated carbocycles. The third kappa shape index (κ3) is 5.22. The molecule has 0 aliphatic rings. The minimum atomic E-state index is -0.311. The number of hydrogen-bond donors (Lipinski definition) is 3. The van der Waals surface area contributed by atoms with E-state index in [1.54, 1.807) is 19.4 Å². The molecule has 0 bridgehead atoms. The van der Waals surface area contributed by atoms with E-state index in [1.807, 2.05) is 67.6 Å². The highest BCUT2D eigenvalue weighted by Crippen LogP contribution is 2.18. The molecule has 0 saturated heterocycles. The van der Waals surface area contributed by atoms with Gasteiger partial charge in [0.2, 0.25) is 0 Å². The molecular weight excluding hydrogens is 340 g/mol. The van der Waals surface area contributed by atoms with Gasteiger partial charge in [0, 0.05) is 5.69 Å². The van der Waals surface area contributed by atoms with Crippen molar-refractivity contribution >= 4 is 23.2 Å². The van der Waals surface area contributed by atoms with E-state index in [0.29, 0.717) is 5.82 Å². The zero-order valence-corrected chi connectivity index (χ0v) is 15.3. The smallest absolute Gasteiger partial charge is 0.320 e. The van der Waals surface area contributed by atoms with Crippen LogP contribution in [0.5, 0.6) is 5.75 Å². The molecule has 6 nitrogen and oxygen atoms in total. The molecule has 0 spiro atoms. The Kier molecular flexibility index (Phi) is 5.89. The molecule has 1 heterocycles. The lowest BCUT2D eigenvalue weighted by atomic mass is 10.1. The van der Waals surface area contributed by atoms with Crippen LogP contribution in [-0.4, -0.2) is 18.1 Å². The van der Waals surface area contributed by atoms with Crippen LogP contribution in [0.2, 0.25) is 0 Å². The number of amides is 2. The van der Waals surface area contributed by atoms with Crippen LogP contribution in [0.4, 0.5) is 22.0 Å². The van der Waals surface area contributed by atoms with E-state index in [1.165, 1.54) is 0 Å². The maximum atomic E-state index is 12.2. The maximum absolute atomic E-state index is 12.2. The summed E-state index contributed by atoms with van der Waals surface area (Å²) in [5.74, 6) is 1.26. The number of methoxy groups -OCH3 is 1. The van der Waals surface area contributed by atoms with Gasteiger partial charge < -0.3 is 15.4 Å². The minimum Gasteiger partial charge on any atom is -0.497 e. The highest BCUT2D eigenvalue weighted by atomic mass is 16.5. The maximum Gasteiger partial charge on any atom is 0.320 e. The summed E-state index contributed by atoms with van der Waals surface area (Å²) in [6, 6.07) is 20.6. The number of para-hydroxylation sites is 1. The van der Waals surface area contributed by atoms with Crippen molar-refractivity contribution < 1.29 is 9.53 Å². The van der Waals surface area contributed by atoms with Crippen molar-refractivity contribution in [1.82, 2.24) is 10.3 Å². The second-order valence-electron chi connectivity index (χ2n) is 6.02. The van der Waals surface area contributed by atoms with Crippen LogP contribution in [0.3, 0.4) is 0 Å². The van der Waals surface area contributed by atoms with Crippen LogP contribution in [0.1, 0.15) is 18.5 Å². The lowest BCUT2D eigenvalue weighted by Gasteiger charge is -2.15. The molecule has 0 aliphatic heterocycles. The molecule has 138 valence electrons. The number of pyridine rings is 1. The number of benzene rings is 2. The van der Waals surface area contributed by atoms with Crippen molar-refractivity contribution in [2.75, 3.05) is 17.7 Å². The van der Waals surface area contributed by atoms with Gasteiger partial charge in [-0.05, 0) is 48.9 Å². The third-order valence-electron chi connectivity index (χ3n) is 4.03. The lowest BCUT2D eigenvalue weighted by molar-refractivity contribution is 0.249. The fourth-order valence-electron chi connectivity index (χ4n) is 2.55. The second-order valence-corrected chi connectivity index (χ2v) is 6.02. The van der Waals surface area contributed by atoms with Crippen molar-refractivity contribution in [3.8, 4) is 5.75 Å². The topological polar surface area (TPSA) is 75.3 Å². The first-order valence-corrected chi connectivity index (χ1v) is 8.63. The van der Waals surface area contributed by atoms with E-state index in [4.69, 9.17) is 4.74 Å². The number of aromatic nitrogens is 1. The average molecular weight is 362 g/mol. The van der Waals surface area contributed by atoms with Crippen molar-refractivity contribution in [3.63, 3.8) is 0 Å². The summed E-state index contributed by atoms with van der Waals surface area (Å²) in [5.41, 5.74) is 2.81. The van der Waals surface area contributed by atoms with Crippen molar-refractivity contribution in [1.29, 1.82) is 0 Å². The van der Waals surface area contributed by atoms with Gasteiger partial charge in [-0.15, -0.1) is 0 Å². The molecule has 2 amide bonds. The van der Waals surface area contributed by atoms with Crippen LogP contribution in [0.25, 0.3) is 0 Å². The first-order valence-electron chi connectivity index (χ1n) is 8.63. The third-order valence-corrected chi connectivity index (χ3v) is 4.03. The van der Waals surface area contributed by atoms with Gasteiger partial charge >= 0.3 is 6.03 Å². The summed E-state index contributed by atoms with van der Waals surface area (Å²) in [6.45, 7) is 1.92. The van der Waals surface area contributed by atoms with Crippen LogP contribution >= 0.6 is 0 Å². The van der Waals surface area contributed by atoms with Crippen molar-refractivity contribution in [3.05, 3.63) is 78.5 Å². The van der Waals surface area contributed by atoms with Crippen molar-refractivity contribution in [2.45, 2.75) is 13.0 Å². The summed E-state index contributed by atoms with van der Waals surface area (Å²) in [4.78, 5) is 16.5. The van der Waals surface area contributed by atoms with Crippen LogP contribution in [-0.2, 0) is 0 Å². The molecule has 0 fully saturated rings. The summed E-state index contributed by atoms with van der Waals surface area (Å²) < 4.78 is 5.14. The predicted molar refractivity (Wildman–Crippen MR) is 108 cm³/mol. The summed E-state index contributed by atoms with van der Waals surface area (Å²) in [6.07, 6.45) is 1.68. The normalized spacial score (nSPS) is 11.3. The Morgan fingerprint density at radius 3 is 2.33 bits per heavy atom. The van der Waals surface area contributed by atoms with Gasteiger partial charge in [-0.2, -0.15) is 0 Å². The van der Waals surface area contributed by atoms with Gasteiger partial charge in [0.25, 0.3) is 0 Å². The minimum absolute atomic E-state index is 0.144. The molecule has 0 aliphatic carbocycles. The summed E-state index contributed by atoms with van der Waals surface area (Å²) in [7, 11) is 1.62. The Hall–Kier alpha value is -3.54. The largest absolute Gasteiger partial charge is 0.497 e. The standard InChI is InChI=1S/C21H22N4O2/c1-15(16-8-11-19(27-2)12-9-16)23-21(26)25-20-13-10-18(14-22-20)24-17-6-4-3-5-7-17/h3-15,24H,1-2H3,(H2,22,23,25,26). The SMILES string of the molecule is COc1ccc(C(C)NC(=O)Nc2ccc(Nc3ccccc3)cn2)cc1. The number of nitrogens with one attached hydrogen (secondary N) is 3. The molecular formula is C21H22N4O2. The Morgan fingerprint density at radius 2 is 1.70 bits per heavy atom. The molecule has 3 rings (SSSR count). The van der Waals surface area contributed by atoms with Gasteiger partial charge in [-0.1, -0.05) is 30.3 Å². The number of rotatable bonds is 6. The zero-order valence-electron chi connectivity index (χ0n) is 15.3. The molecule has 6 heteroatoms. The highest BCUT2D eigenvalue weighted by Gasteiger charge is 2.10. The molecule has 0 radical (unpaired) electrons. The van der Waals surface area contributed by atoms with E-state index >= 15 is 0 Å². The number of anilines is 3. The average Bonchev–Trinajstić information content (AvgIpc) is 2.70. The lowest BCUT2D eigenvalue weighted by Crippen LogP contribution is -2.31. The number of carbonyl (C=O) groups excluding carboxylic acids is 1. The highest BCUT2D eigenvalue weighted by molar-refractivity contribution is 5.88. The fourth-order valence-corrected chi connectivity index (χ4v) is 2.55. The molecule has 27 heavy (non-hydrogen) atoms. The van der Waals surface area contributed by atoms with E-state index in [-0.39, 0.29) is 12.1 Å². The molecule has 3 aromatic rings. The first kappa shape index (κ1) is 18.3. The van der Waals surface area contributed by atoms with Crippen molar-refractivity contribution in [2.24, 2.45) is 0 Å². The quantitative estimate of drug-likeness (QED) is 0.593. The van der Waals surface area contributed by atoms with Gasteiger partial charge in [0.15, 0.2) is 0 Å². The van der Waals surface area contributed by atoms with Gasteiger partial charge in [0.1, 0.15) is 11.6 Å². The first-order chi connectivity index (χ1) is 13.1. The predicted octanol–water partition coefficient (Wildman–Crippen LogP) is 4.72. The monoisotopic (exact) mass is 362 g/mol. The summed E-state index contributed by atoms with van der Waals surface area (Å²) in [5, 5.41) is 8.88.